The van der Waals surface area contributed by atoms with Crippen LogP contribution in [0.15, 0.2) is 109 Å². The molecule has 0 aromatic heterocycles. The Balaban J connectivity index is 0.000000159. The van der Waals surface area contributed by atoms with Crippen molar-refractivity contribution in [1.82, 2.24) is 0 Å². The number of halogens is 5. The van der Waals surface area contributed by atoms with E-state index in [0.717, 1.165) is 11.8 Å². The zero-order chi connectivity index (χ0) is 46.2. The number of rotatable bonds is 12. The van der Waals surface area contributed by atoms with E-state index in [2.05, 4.69) is 137 Å². The van der Waals surface area contributed by atoms with Gasteiger partial charge in [-0.05, 0) is 147 Å². The first-order valence-electron chi connectivity index (χ1n) is 24.5. The summed E-state index contributed by atoms with van der Waals surface area (Å²) in [4.78, 5) is 0. The molecule has 4 saturated carbocycles. The second kappa shape index (κ2) is 22.8. The molecular formula is C58H69Cl2F3SiZr. The second-order valence-electron chi connectivity index (χ2n) is 20.4. The van der Waals surface area contributed by atoms with E-state index in [-0.39, 0.29) is 6.04 Å². The van der Waals surface area contributed by atoms with Crippen molar-refractivity contribution in [3.8, 4) is 22.3 Å². The quantitative estimate of drug-likeness (QED) is 0.0847. The fourth-order valence-electron chi connectivity index (χ4n) is 12.0. The second-order valence-corrected chi connectivity index (χ2v) is 25.3. The molecule has 2 unspecified atom stereocenters. The monoisotopic (exact) mass is 1010 g/mol. The molecule has 6 aromatic carbocycles. The van der Waals surface area contributed by atoms with Crippen LogP contribution in [-0.2, 0) is 33.7 Å². The van der Waals surface area contributed by atoms with Crippen LogP contribution in [0.4, 0.5) is 13.2 Å². The van der Waals surface area contributed by atoms with Crippen molar-refractivity contribution in [2.75, 3.05) is 0 Å². The van der Waals surface area contributed by atoms with E-state index in [1.807, 2.05) is 0 Å². The maximum absolute atomic E-state index is 11.2. The normalized spacial score (nSPS) is 22.7. The maximum atomic E-state index is 11.2. The number of benzene rings is 4. The van der Waals surface area contributed by atoms with Gasteiger partial charge >= 0.3 is 44.1 Å². The summed E-state index contributed by atoms with van der Waals surface area (Å²) in [7, 11) is 10.3. The molecule has 0 saturated heterocycles. The van der Waals surface area contributed by atoms with Gasteiger partial charge in [0.2, 0.25) is 0 Å². The topological polar surface area (TPSA) is 0 Å². The first-order valence-corrected chi connectivity index (χ1v) is 32.6. The Kier molecular flexibility index (Phi) is 17.7. The van der Waals surface area contributed by atoms with Crippen LogP contribution in [0.5, 0.6) is 0 Å². The van der Waals surface area contributed by atoms with Gasteiger partial charge in [-0.15, -0.1) is 69.1 Å². The summed E-state index contributed by atoms with van der Waals surface area (Å²) in [6, 6.07) is 42.4. The third-order valence-electron chi connectivity index (χ3n) is 16.0. The molecule has 0 N–H and O–H groups in total. The Hall–Kier alpha value is -2.43. The summed E-state index contributed by atoms with van der Waals surface area (Å²) in [5.74, 6) is 3.35. The molecule has 0 amide bonds. The molecule has 2 radical (unpaired) electrons. The molecule has 4 bridgehead atoms. The van der Waals surface area contributed by atoms with Crippen molar-refractivity contribution in [2.45, 2.75) is 155 Å². The van der Waals surface area contributed by atoms with Crippen molar-refractivity contribution < 1.29 is 34.0 Å². The molecule has 4 fully saturated rings. The summed E-state index contributed by atoms with van der Waals surface area (Å²) < 4.78 is 33.7. The molecule has 4 aliphatic carbocycles. The average Bonchev–Trinajstić information content (AvgIpc) is 4.19. The van der Waals surface area contributed by atoms with Gasteiger partial charge in [0.25, 0.3) is 0 Å². The van der Waals surface area contributed by atoms with Gasteiger partial charge in [-0.2, -0.15) is 25.3 Å². The third kappa shape index (κ3) is 12.8. The molecule has 0 aliphatic heterocycles. The third-order valence-corrected chi connectivity index (χ3v) is 16.8. The molecule has 4 aliphatic rings. The van der Waals surface area contributed by atoms with Gasteiger partial charge in [0, 0.05) is 15.9 Å². The van der Waals surface area contributed by atoms with Crippen LogP contribution in [0.2, 0.25) is 12.6 Å². The van der Waals surface area contributed by atoms with Gasteiger partial charge in [-0.25, -0.2) is 0 Å². The van der Waals surface area contributed by atoms with Crippen LogP contribution in [0.1, 0.15) is 145 Å². The van der Waals surface area contributed by atoms with Crippen molar-refractivity contribution >= 4 is 48.1 Å². The molecule has 6 aromatic rings. The number of fused-ring (bicyclic) bond motifs is 6. The van der Waals surface area contributed by atoms with Gasteiger partial charge < -0.3 is 0 Å². The van der Waals surface area contributed by atoms with Gasteiger partial charge in [-0.1, -0.05) is 112 Å². The molecule has 2 atom stereocenters. The van der Waals surface area contributed by atoms with Gasteiger partial charge in [0.1, 0.15) is 0 Å². The number of alkyl halides is 3. The van der Waals surface area contributed by atoms with Gasteiger partial charge in [0.05, 0.1) is 0 Å². The van der Waals surface area contributed by atoms with E-state index in [4.69, 9.17) is 17.0 Å². The van der Waals surface area contributed by atoms with E-state index in [1.165, 1.54) is 145 Å². The van der Waals surface area contributed by atoms with Crippen LogP contribution in [0.25, 0.3) is 43.8 Å². The van der Waals surface area contributed by atoms with E-state index in [9.17, 15) is 13.2 Å². The molecule has 0 nitrogen and oxygen atoms in total. The zero-order valence-corrected chi connectivity index (χ0v) is 44.4. The average molecular weight is 1010 g/mol. The summed E-state index contributed by atoms with van der Waals surface area (Å²) in [6.45, 7) is 10.9. The molecular weight excluding hydrogens is 944 g/mol. The summed E-state index contributed by atoms with van der Waals surface area (Å²) in [5.41, 5.74) is 12.8. The molecule has 0 heterocycles. The molecule has 65 heavy (non-hydrogen) atoms. The van der Waals surface area contributed by atoms with Gasteiger partial charge in [-0.3, -0.25) is 0 Å². The van der Waals surface area contributed by atoms with Crippen molar-refractivity contribution in [1.29, 1.82) is 0 Å². The summed E-state index contributed by atoms with van der Waals surface area (Å²) >= 11 is -0.826. The Morgan fingerprint density at radius 3 is 1.32 bits per heavy atom. The van der Waals surface area contributed by atoms with E-state index in [0.29, 0.717) is 32.2 Å². The van der Waals surface area contributed by atoms with Crippen LogP contribution in [-0.4, -0.2) is 15.7 Å². The molecule has 7 heteroatoms. The summed E-state index contributed by atoms with van der Waals surface area (Å²) in [5, 5.41) is 5.70. The van der Waals surface area contributed by atoms with Crippen molar-refractivity contribution in [3.63, 3.8) is 0 Å². The predicted octanol–water partition coefficient (Wildman–Crippen LogP) is 19.2. The van der Waals surface area contributed by atoms with Crippen LogP contribution >= 0.6 is 17.0 Å². The Bertz CT molecular complexity index is 2230. The Morgan fingerprint density at radius 1 is 0.646 bits per heavy atom. The number of hydrogen-bond donors (Lipinski definition) is 0. The van der Waals surface area contributed by atoms with E-state index >= 15 is 0 Å². The van der Waals surface area contributed by atoms with Gasteiger partial charge in [0.15, 0.2) is 0 Å². The van der Waals surface area contributed by atoms with Crippen LogP contribution in [0.3, 0.4) is 0 Å². The van der Waals surface area contributed by atoms with Crippen LogP contribution < -0.4 is 0 Å². The van der Waals surface area contributed by atoms with Crippen molar-refractivity contribution in [2.24, 2.45) is 22.7 Å². The SMILES string of the molecule is CCC(C)c1ccc(-c2cccc3[cH-]c(CC45CCC(CC4)C5)cc23)cc1.CCC(C)c1ccc(-c2cccc3[cH-]c(CC45CCC(CC4)C5)cc23)cc1.C[Si]CCC(F)(F)F.[Cl][Zr+2][Cl]. The number of hydrogen-bond acceptors (Lipinski definition) is 0. The summed E-state index contributed by atoms with van der Waals surface area (Å²) in [6.07, 6.45) is 15.2. The predicted molar refractivity (Wildman–Crippen MR) is 272 cm³/mol. The zero-order valence-electron chi connectivity index (χ0n) is 39.4. The molecule has 10 rings (SSSR count). The van der Waals surface area contributed by atoms with E-state index in [1.54, 1.807) is 17.7 Å². The van der Waals surface area contributed by atoms with Crippen LogP contribution in [0, 0.1) is 22.7 Å². The van der Waals surface area contributed by atoms with Crippen molar-refractivity contribution in [3.05, 3.63) is 131 Å². The first-order chi connectivity index (χ1) is 31.3. The molecule has 344 valence electrons. The Morgan fingerprint density at radius 2 is 1.03 bits per heavy atom. The van der Waals surface area contributed by atoms with E-state index < -0.39 is 33.4 Å². The first kappa shape index (κ1) is 50.4. The minimum atomic E-state index is -3.94. The standard InChI is InChI=1S/2C27H31.C4H7F3Si.2ClH.Zr/c2*1-3-19(2)22-7-9-23(10-8-22)25-6-4-5-24-15-21(16-26(24)25)18-27-13-11-20(17-27)12-14-27;1-8-3-2-4(5,6)7;;;/h2*4-10,15-16,19-20H,3,11-14,17-18H2,1-2H3;2-3H2,1H3;2*1H;/q2*-1;;;;+4/p-2. The fraction of sp³-hybridized carbons (Fsp3) is 0.483. The fourth-order valence-corrected chi connectivity index (χ4v) is 12.5. The minimum absolute atomic E-state index is 0.281. The molecule has 0 spiro atoms. The Labute approximate surface area is 410 Å².